The van der Waals surface area contributed by atoms with Crippen molar-refractivity contribution in [3.8, 4) is 0 Å². The molecule has 0 saturated heterocycles. The summed E-state index contributed by atoms with van der Waals surface area (Å²) in [6, 6.07) is 13.0. The molecule has 0 saturated carbocycles. The number of anilines is 2. The van der Waals surface area contributed by atoms with Crippen LogP contribution in [-0.4, -0.2) is 5.91 Å². The molecule has 0 unspecified atom stereocenters. The third kappa shape index (κ3) is 5.45. The first-order valence-electron chi connectivity index (χ1n) is 7.52. The van der Waals surface area contributed by atoms with Crippen LogP contribution < -0.4 is 10.6 Å². The first kappa shape index (κ1) is 17.6. The van der Waals surface area contributed by atoms with Crippen LogP contribution in [0.2, 0.25) is 10.0 Å². The Kier molecular flexibility index (Phi) is 6.31. The molecule has 0 aromatic heterocycles. The van der Waals surface area contributed by atoms with E-state index in [1.165, 1.54) is 0 Å². The van der Waals surface area contributed by atoms with Crippen molar-refractivity contribution in [2.45, 2.75) is 26.8 Å². The summed E-state index contributed by atoms with van der Waals surface area (Å²) < 4.78 is 0. The Morgan fingerprint density at radius 3 is 2.30 bits per heavy atom. The topological polar surface area (TPSA) is 41.1 Å². The molecule has 0 bridgehead atoms. The Balaban J connectivity index is 2.01. The molecule has 0 atom stereocenters. The van der Waals surface area contributed by atoms with Gasteiger partial charge in [0.25, 0.3) is 0 Å². The van der Waals surface area contributed by atoms with Gasteiger partial charge in [-0.15, -0.1) is 0 Å². The highest BCUT2D eigenvalue weighted by Crippen LogP contribution is 2.25. The van der Waals surface area contributed by atoms with Gasteiger partial charge in [0.1, 0.15) is 0 Å². The van der Waals surface area contributed by atoms with Crippen LogP contribution in [0.3, 0.4) is 0 Å². The third-order valence-corrected chi connectivity index (χ3v) is 3.98. The number of benzene rings is 2. The number of rotatable bonds is 6. The quantitative estimate of drug-likeness (QED) is 0.712. The van der Waals surface area contributed by atoms with E-state index in [1.807, 2.05) is 56.3 Å². The van der Waals surface area contributed by atoms with Crippen LogP contribution in [0, 0.1) is 5.92 Å². The minimum absolute atomic E-state index is 0.0197. The van der Waals surface area contributed by atoms with Crippen LogP contribution in [0.5, 0.6) is 0 Å². The fourth-order valence-electron chi connectivity index (χ4n) is 2.18. The van der Waals surface area contributed by atoms with Gasteiger partial charge in [-0.1, -0.05) is 49.2 Å². The van der Waals surface area contributed by atoms with Crippen LogP contribution in [0.1, 0.15) is 25.8 Å². The van der Waals surface area contributed by atoms with Gasteiger partial charge in [0.05, 0.1) is 0 Å². The Morgan fingerprint density at radius 2 is 1.65 bits per heavy atom. The van der Waals surface area contributed by atoms with Crippen molar-refractivity contribution in [2.24, 2.45) is 5.92 Å². The summed E-state index contributed by atoms with van der Waals surface area (Å²) in [4.78, 5) is 11.8. The molecule has 0 aliphatic carbocycles. The Bertz CT molecular complexity index is 666. The minimum atomic E-state index is 0.0197. The van der Waals surface area contributed by atoms with Crippen LogP contribution in [0.25, 0.3) is 0 Å². The molecule has 0 radical (unpaired) electrons. The smallest absolute Gasteiger partial charge is 0.224 e. The largest absolute Gasteiger partial charge is 0.381 e. The predicted molar refractivity (Wildman–Crippen MR) is 98.3 cm³/mol. The van der Waals surface area contributed by atoms with Crippen LogP contribution in [-0.2, 0) is 11.3 Å². The van der Waals surface area contributed by atoms with Crippen molar-refractivity contribution < 1.29 is 4.79 Å². The lowest BCUT2D eigenvalue weighted by Gasteiger charge is -2.12. The van der Waals surface area contributed by atoms with Crippen molar-refractivity contribution >= 4 is 40.5 Å². The van der Waals surface area contributed by atoms with E-state index in [-0.39, 0.29) is 5.91 Å². The second-order valence-corrected chi connectivity index (χ2v) is 6.60. The van der Waals surface area contributed by atoms with E-state index in [0.717, 1.165) is 16.9 Å². The molecule has 2 aromatic rings. The van der Waals surface area contributed by atoms with Gasteiger partial charge >= 0.3 is 0 Å². The zero-order valence-electron chi connectivity index (χ0n) is 13.2. The molecule has 5 heteroatoms. The molecule has 0 spiro atoms. The third-order valence-electron chi connectivity index (χ3n) is 3.27. The summed E-state index contributed by atoms with van der Waals surface area (Å²) in [5.74, 6) is 0.352. The Labute approximate surface area is 147 Å². The molecule has 2 rings (SSSR count). The summed E-state index contributed by atoms with van der Waals surface area (Å²) >= 11 is 12.3. The van der Waals surface area contributed by atoms with E-state index in [0.29, 0.717) is 28.9 Å². The number of halogens is 2. The van der Waals surface area contributed by atoms with E-state index < -0.39 is 0 Å². The lowest BCUT2D eigenvalue weighted by Crippen LogP contribution is -2.13. The zero-order valence-corrected chi connectivity index (χ0v) is 14.7. The zero-order chi connectivity index (χ0) is 16.8. The Hall–Kier alpha value is -1.71. The predicted octanol–water partition coefficient (Wildman–Crippen LogP) is 5.59. The summed E-state index contributed by atoms with van der Waals surface area (Å²) in [7, 11) is 0. The molecule has 0 fully saturated rings. The Morgan fingerprint density at radius 1 is 1.04 bits per heavy atom. The summed E-state index contributed by atoms with van der Waals surface area (Å²) in [5, 5.41) is 7.44. The second-order valence-electron chi connectivity index (χ2n) is 5.78. The number of hydrogen-bond acceptors (Lipinski definition) is 2. The molecule has 23 heavy (non-hydrogen) atoms. The van der Waals surface area contributed by atoms with E-state index in [4.69, 9.17) is 23.2 Å². The molecular weight excluding hydrogens is 331 g/mol. The van der Waals surface area contributed by atoms with Crippen LogP contribution >= 0.6 is 23.2 Å². The molecule has 0 aliphatic heterocycles. The number of hydrogen-bond donors (Lipinski definition) is 2. The van der Waals surface area contributed by atoms with Gasteiger partial charge in [-0.25, -0.2) is 0 Å². The molecule has 0 aliphatic rings. The maximum absolute atomic E-state index is 11.8. The fourth-order valence-corrected chi connectivity index (χ4v) is 2.71. The van der Waals surface area contributed by atoms with Crippen molar-refractivity contribution in [2.75, 3.05) is 10.6 Å². The number of carbonyl (C=O) groups is 1. The molecule has 1 amide bonds. The monoisotopic (exact) mass is 350 g/mol. The second kappa shape index (κ2) is 8.23. The van der Waals surface area contributed by atoms with E-state index in [2.05, 4.69) is 10.6 Å². The fraction of sp³-hybridized carbons (Fsp3) is 0.278. The van der Waals surface area contributed by atoms with Crippen LogP contribution in [0.4, 0.5) is 11.4 Å². The summed E-state index contributed by atoms with van der Waals surface area (Å²) in [6.07, 6.45) is 0.507. The van der Waals surface area contributed by atoms with Gasteiger partial charge in [0, 0.05) is 39.9 Å². The lowest BCUT2D eigenvalue weighted by atomic mass is 10.1. The van der Waals surface area contributed by atoms with Crippen molar-refractivity contribution in [1.29, 1.82) is 0 Å². The van der Waals surface area contributed by atoms with Gasteiger partial charge in [0.2, 0.25) is 5.91 Å². The van der Waals surface area contributed by atoms with E-state index >= 15 is 0 Å². The molecular formula is C18H20Cl2N2O. The summed E-state index contributed by atoms with van der Waals surface area (Å²) in [5.41, 5.74) is 2.51. The minimum Gasteiger partial charge on any atom is -0.381 e. The normalized spacial score (nSPS) is 10.7. The molecule has 2 N–H and O–H groups in total. The first-order chi connectivity index (χ1) is 11.0. The van der Waals surface area contributed by atoms with Gasteiger partial charge in [-0.3, -0.25) is 4.79 Å². The van der Waals surface area contributed by atoms with Crippen LogP contribution in [0.15, 0.2) is 42.5 Å². The van der Waals surface area contributed by atoms with Crippen molar-refractivity contribution in [3.63, 3.8) is 0 Å². The number of amides is 1. The van der Waals surface area contributed by atoms with Gasteiger partial charge in [0.15, 0.2) is 0 Å². The van der Waals surface area contributed by atoms with Gasteiger partial charge < -0.3 is 10.6 Å². The average molecular weight is 351 g/mol. The van der Waals surface area contributed by atoms with Crippen molar-refractivity contribution in [3.05, 3.63) is 58.1 Å². The SMILES string of the molecule is CC(C)CC(=O)Nc1cccc(NCc2c(Cl)cccc2Cl)c1. The first-order valence-corrected chi connectivity index (χ1v) is 8.28. The highest BCUT2D eigenvalue weighted by molar-refractivity contribution is 6.36. The van der Waals surface area contributed by atoms with Gasteiger partial charge in [-0.05, 0) is 36.2 Å². The molecule has 0 heterocycles. The highest BCUT2D eigenvalue weighted by Gasteiger charge is 2.07. The molecule has 3 nitrogen and oxygen atoms in total. The maximum atomic E-state index is 11.8. The standard InChI is InChI=1S/C18H20Cl2N2O/c1-12(2)9-18(23)22-14-6-3-5-13(10-14)21-11-15-16(19)7-4-8-17(15)20/h3-8,10,12,21H,9,11H2,1-2H3,(H,22,23). The van der Waals surface area contributed by atoms with Crippen molar-refractivity contribution in [1.82, 2.24) is 0 Å². The number of nitrogens with one attached hydrogen (secondary N) is 2. The van der Waals surface area contributed by atoms with E-state index in [9.17, 15) is 4.79 Å². The highest BCUT2D eigenvalue weighted by atomic mass is 35.5. The molecule has 2 aromatic carbocycles. The lowest BCUT2D eigenvalue weighted by molar-refractivity contribution is -0.116. The van der Waals surface area contributed by atoms with E-state index in [1.54, 1.807) is 0 Å². The average Bonchev–Trinajstić information content (AvgIpc) is 2.46. The maximum Gasteiger partial charge on any atom is 0.224 e. The number of carbonyl (C=O) groups excluding carboxylic acids is 1. The molecule has 122 valence electrons. The summed E-state index contributed by atoms with van der Waals surface area (Å²) in [6.45, 7) is 4.55. The van der Waals surface area contributed by atoms with Gasteiger partial charge in [-0.2, -0.15) is 0 Å².